The van der Waals surface area contributed by atoms with E-state index in [0.717, 1.165) is 29.2 Å². The predicted molar refractivity (Wildman–Crippen MR) is 107 cm³/mol. The molecule has 10 heteroatoms. The SMILES string of the molecule is OC(CN(Cc1cccc(Oc2cccc(C(F)(F)F)c2)c1)c1cccc(F)c1)C(F)(F)F. The lowest BCUT2D eigenvalue weighted by molar-refractivity contribution is -0.200. The van der Waals surface area contributed by atoms with Crippen LogP contribution in [-0.4, -0.2) is 23.9 Å². The Morgan fingerprint density at radius 2 is 1.45 bits per heavy atom. The van der Waals surface area contributed by atoms with Crippen molar-refractivity contribution in [2.24, 2.45) is 0 Å². The number of halogens is 7. The Balaban J connectivity index is 1.83. The van der Waals surface area contributed by atoms with E-state index in [2.05, 4.69) is 0 Å². The van der Waals surface area contributed by atoms with E-state index < -0.39 is 36.4 Å². The minimum Gasteiger partial charge on any atom is -0.457 e. The van der Waals surface area contributed by atoms with Crippen molar-refractivity contribution in [3.8, 4) is 11.5 Å². The number of hydrogen-bond acceptors (Lipinski definition) is 3. The van der Waals surface area contributed by atoms with Gasteiger partial charge in [-0.15, -0.1) is 0 Å². The number of aliphatic hydroxyl groups excluding tert-OH is 1. The Morgan fingerprint density at radius 3 is 2.09 bits per heavy atom. The molecule has 0 radical (unpaired) electrons. The first-order chi connectivity index (χ1) is 15.4. The van der Waals surface area contributed by atoms with Gasteiger partial charge in [-0.1, -0.05) is 24.3 Å². The molecule has 3 aromatic carbocycles. The standard InChI is InChI=1S/C23H18F7NO2/c24-17-6-3-7-18(12-17)31(14-21(32)23(28,29)30)13-15-4-1-8-19(10-15)33-20-9-2-5-16(11-20)22(25,26)27/h1-12,21,32H,13-14H2. The van der Waals surface area contributed by atoms with Gasteiger partial charge in [0.1, 0.15) is 17.3 Å². The highest BCUT2D eigenvalue weighted by Crippen LogP contribution is 2.33. The van der Waals surface area contributed by atoms with Gasteiger partial charge in [0.25, 0.3) is 0 Å². The highest BCUT2D eigenvalue weighted by atomic mass is 19.4. The minimum absolute atomic E-state index is 0.0727. The van der Waals surface area contributed by atoms with E-state index in [1.54, 1.807) is 6.07 Å². The molecule has 3 nitrogen and oxygen atoms in total. The molecule has 3 rings (SSSR count). The molecule has 0 heterocycles. The van der Waals surface area contributed by atoms with Crippen molar-refractivity contribution in [2.75, 3.05) is 11.4 Å². The second kappa shape index (κ2) is 9.70. The fourth-order valence-corrected chi connectivity index (χ4v) is 3.05. The Bertz CT molecular complexity index is 1080. The number of aliphatic hydroxyl groups is 1. The lowest BCUT2D eigenvalue weighted by atomic mass is 10.1. The monoisotopic (exact) mass is 473 g/mol. The zero-order valence-electron chi connectivity index (χ0n) is 16.9. The van der Waals surface area contributed by atoms with Gasteiger partial charge in [-0.25, -0.2) is 4.39 Å². The highest BCUT2D eigenvalue weighted by molar-refractivity contribution is 5.48. The van der Waals surface area contributed by atoms with Crippen LogP contribution in [0.25, 0.3) is 0 Å². The predicted octanol–water partition coefficient (Wildman–Crippen LogP) is 6.57. The van der Waals surface area contributed by atoms with Crippen LogP contribution in [0.2, 0.25) is 0 Å². The van der Waals surface area contributed by atoms with Crippen LogP contribution in [0.3, 0.4) is 0 Å². The number of benzene rings is 3. The third kappa shape index (κ3) is 6.85. The van der Waals surface area contributed by atoms with Gasteiger partial charge >= 0.3 is 12.4 Å². The van der Waals surface area contributed by atoms with Gasteiger partial charge in [0, 0.05) is 12.2 Å². The van der Waals surface area contributed by atoms with Crippen LogP contribution in [0.15, 0.2) is 72.8 Å². The van der Waals surface area contributed by atoms with Crippen LogP contribution in [0.5, 0.6) is 11.5 Å². The first-order valence-corrected chi connectivity index (χ1v) is 9.61. The second-order valence-electron chi connectivity index (χ2n) is 7.19. The minimum atomic E-state index is -4.87. The summed E-state index contributed by atoms with van der Waals surface area (Å²) in [5, 5.41) is 9.53. The van der Waals surface area contributed by atoms with Crippen molar-refractivity contribution < 1.29 is 40.6 Å². The van der Waals surface area contributed by atoms with Gasteiger partial charge in [0.2, 0.25) is 0 Å². The van der Waals surface area contributed by atoms with Gasteiger partial charge in [0.05, 0.1) is 12.1 Å². The van der Waals surface area contributed by atoms with Crippen LogP contribution in [-0.2, 0) is 12.7 Å². The van der Waals surface area contributed by atoms with Gasteiger partial charge in [-0.3, -0.25) is 0 Å². The van der Waals surface area contributed by atoms with Crippen LogP contribution < -0.4 is 9.64 Å². The summed E-state index contributed by atoms with van der Waals surface area (Å²) in [6.45, 7) is -1.01. The Labute approximate surface area is 184 Å². The van der Waals surface area contributed by atoms with Crippen LogP contribution in [0.4, 0.5) is 36.4 Å². The maximum absolute atomic E-state index is 13.6. The molecule has 176 valence electrons. The third-order valence-corrected chi connectivity index (χ3v) is 4.61. The van der Waals surface area contributed by atoms with Crippen molar-refractivity contribution in [3.05, 3.63) is 89.7 Å². The first kappa shape index (κ1) is 24.4. The van der Waals surface area contributed by atoms with Crippen molar-refractivity contribution in [1.82, 2.24) is 0 Å². The zero-order valence-corrected chi connectivity index (χ0v) is 16.9. The summed E-state index contributed by atoms with van der Waals surface area (Å²) in [5.74, 6) is -0.584. The Kier molecular flexibility index (Phi) is 7.16. The maximum Gasteiger partial charge on any atom is 0.416 e. The number of anilines is 1. The van der Waals surface area contributed by atoms with Gasteiger partial charge in [0.15, 0.2) is 6.10 Å². The van der Waals surface area contributed by atoms with E-state index >= 15 is 0 Å². The number of alkyl halides is 6. The van der Waals surface area contributed by atoms with E-state index in [-0.39, 0.29) is 23.7 Å². The summed E-state index contributed by atoms with van der Waals surface area (Å²) in [6, 6.07) is 15.1. The van der Waals surface area contributed by atoms with Gasteiger partial charge in [-0.05, 0) is 54.1 Å². The topological polar surface area (TPSA) is 32.7 Å². The molecule has 0 amide bonds. The highest BCUT2D eigenvalue weighted by Gasteiger charge is 2.39. The van der Waals surface area contributed by atoms with Crippen molar-refractivity contribution >= 4 is 5.69 Å². The molecule has 0 spiro atoms. The van der Waals surface area contributed by atoms with Crippen molar-refractivity contribution in [3.63, 3.8) is 0 Å². The lowest BCUT2D eigenvalue weighted by Crippen LogP contribution is -2.40. The van der Waals surface area contributed by atoms with Crippen LogP contribution in [0, 0.1) is 5.82 Å². The smallest absolute Gasteiger partial charge is 0.416 e. The van der Waals surface area contributed by atoms with E-state index in [4.69, 9.17) is 4.74 Å². The third-order valence-electron chi connectivity index (χ3n) is 4.61. The van der Waals surface area contributed by atoms with Crippen LogP contribution in [0.1, 0.15) is 11.1 Å². The molecule has 0 fully saturated rings. The summed E-state index contributed by atoms with van der Waals surface area (Å²) in [4.78, 5) is 1.14. The first-order valence-electron chi connectivity index (χ1n) is 9.61. The average molecular weight is 473 g/mol. The average Bonchev–Trinajstić information content (AvgIpc) is 2.72. The molecule has 0 aliphatic heterocycles. The van der Waals surface area contributed by atoms with Crippen LogP contribution >= 0.6 is 0 Å². The Hall–Kier alpha value is -3.27. The fourth-order valence-electron chi connectivity index (χ4n) is 3.05. The second-order valence-corrected chi connectivity index (χ2v) is 7.19. The maximum atomic E-state index is 13.6. The molecular formula is C23H18F7NO2. The number of ether oxygens (including phenoxy) is 1. The van der Waals surface area contributed by atoms with E-state index in [0.29, 0.717) is 5.56 Å². The largest absolute Gasteiger partial charge is 0.457 e. The summed E-state index contributed by atoms with van der Waals surface area (Å²) >= 11 is 0. The molecule has 0 aromatic heterocycles. The van der Waals surface area contributed by atoms with E-state index in [1.165, 1.54) is 42.5 Å². The molecule has 3 aromatic rings. The van der Waals surface area contributed by atoms with E-state index in [9.17, 15) is 35.8 Å². The summed E-state index contributed by atoms with van der Waals surface area (Å²) in [5.41, 5.74) is -0.352. The van der Waals surface area contributed by atoms with Crippen molar-refractivity contribution in [1.29, 1.82) is 0 Å². The molecular weight excluding hydrogens is 455 g/mol. The molecule has 1 unspecified atom stereocenters. The molecule has 0 saturated heterocycles. The number of rotatable bonds is 7. The van der Waals surface area contributed by atoms with Gasteiger partial charge < -0.3 is 14.7 Å². The quantitative estimate of drug-likeness (QED) is 0.394. The molecule has 0 bridgehead atoms. The summed E-state index contributed by atoms with van der Waals surface area (Å²) in [7, 11) is 0. The van der Waals surface area contributed by atoms with E-state index in [1.807, 2.05) is 0 Å². The zero-order chi connectivity index (χ0) is 24.2. The van der Waals surface area contributed by atoms with Gasteiger partial charge in [-0.2, -0.15) is 26.3 Å². The molecule has 1 N–H and O–H groups in total. The molecule has 0 aliphatic carbocycles. The molecule has 0 aliphatic rings. The Morgan fingerprint density at radius 1 is 0.818 bits per heavy atom. The molecule has 1 atom stereocenters. The van der Waals surface area contributed by atoms with Crippen molar-refractivity contribution in [2.45, 2.75) is 25.0 Å². The fraction of sp³-hybridized carbons (Fsp3) is 0.217. The lowest BCUT2D eigenvalue weighted by Gasteiger charge is -2.28. The molecule has 0 saturated carbocycles. The normalized spacial score (nSPS) is 13.0. The molecule has 33 heavy (non-hydrogen) atoms. The number of nitrogens with zero attached hydrogens (tertiary/aromatic N) is 1. The number of hydrogen-bond donors (Lipinski definition) is 1. The summed E-state index contributed by atoms with van der Waals surface area (Å²) < 4.78 is 96.6. The summed E-state index contributed by atoms with van der Waals surface area (Å²) in [6.07, 6.45) is -12.1.